The second-order valence-electron chi connectivity index (χ2n) is 6.92. The minimum atomic E-state index is 0.00307. The summed E-state index contributed by atoms with van der Waals surface area (Å²) in [6.45, 7) is 13.9. The summed E-state index contributed by atoms with van der Waals surface area (Å²) in [4.78, 5) is 14.6. The number of nitrogens with one attached hydrogen (secondary N) is 2. The van der Waals surface area contributed by atoms with Crippen molar-refractivity contribution in [2.75, 3.05) is 19.6 Å². The number of carbonyl (C=O) groups is 1. The number of carbonyl (C=O) groups excluding carboxylic acids is 1. The van der Waals surface area contributed by atoms with Crippen molar-refractivity contribution in [3.8, 4) is 0 Å². The van der Waals surface area contributed by atoms with E-state index in [1.165, 1.54) is 12.8 Å². The van der Waals surface area contributed by atoms with Gasteiger partial charge in [0, 0.05) is 12.1 Å². The third-order valence-electron chi connectivity index (χ3n) is 4.50. The Bertz CT molecular complexity index is 298. The number of hydrogen-bond donors (Lipinski definition) is 2. The quantitative estimate of drug-likeness (QED) is 0.723. The molecule has 1 heterocycles. The summed E-state index contributed by atoms with van der Waals surface area (Å²) < 4.78 is 0. The second-order valence-corrected chi connectivity index (χ2v) is 6.92. The lowest BCUT2D eigenvalue weighted by molar-refractivity contribution is -0.127. The maximum absolute atomic E-state index is 12.3. The molecule has 0 aromatic rings. The molecule has 0 aromatic carbocycles. The predicted molar refractivity (Wildman–Crippen MR) is 89.4 cm³/mol. The smallest absolute Gasteiger partial charge is 0.237 e. The second kappa shape index (κ2) is 9.42. The van der Waals surface area contributed by atoms with Gasteiger partial charge in [-0.25, -0.2) is 0 Å². The Balaban J connectivity index is 2.30. The molecule has 0 spiro atoms. The van der Waals surface area contributed by atoms with Crippen molar-refractivity contribution in [1.82, 2.24) is 15.5 Å². The molecule has 1 rings (SSSR count). The number of rotatable bonds is 8. The summed E-state index contributed by atoms with van der Waals surface area (Å²) in [6, 6.07) is 0.855. The molecule has 1 amide bonds. The molecule has 0 bridgehead atoms. The maximum Gasteiger partial charge on any atom is 0.237 e. The van der Waals surface area contributed by atoms with Gasteiger partial charge >= 0.3 is 0 Å². The highest BCUT2D eigenvalue weighted by Crippen LogP contribution is 2.18. The van der Waals surface area contributed by atoms with Gasteiger partial charge in [-0.2, -0.15) is 0 Å². The molecule has 124 valence electrons. The molecule has 1 aliphatic rings. The van der Waals surface area contributed by atoms with Crippen LogP contribution in [0.3, 0.4) is 0 Å². The summed E-state index contributed by atoms with van der Waals surface area (Å²) in [6.07, 6.45) is 4.56. The van der Waals surface area contributed by atoms with Crippen LogP contribution in [0.1, 0.15) is 60.3 Å². The van der Waals surface area contributed by atoms with E-state index in [4.69, 9.17) is 0 Å². The lowest BCUT2D eigenvalue weighted by atomic mass is 9.95. The monoisotopic (exact) mass is 297 g/mol. The Hall–Kier alpha value is -0.610. The molecular weight excluding hydrogens is 262 g/mol. The van der Waals surface area contributed by atoms with Gasteiger partial charge in [-0.3, -0.25) is 9.69 Å². The summed E-state index contributed by atoms with van der Waals surface area (Å²) in [7, 11) is 0. The van der Waals surface area contributed by atoms with Crippen molar-refractivity contribution < 1.29 is 4.79 Å². The number of amides is 1. The first-order valence-electron chi connectivity index (χ1n) is 8.71. The minimum absolute atomic E-state index is 0.00307. The van der Waals surface area contributed by atoms with Crippen LogP contribution in [0.15, 0.2) is 0 Å². The summed E-state index contributed by atoms with van der Waals surface area (Å²) in [5.74, 6) is 0.952. The van der Waals surface area contributed by atoms with Crippen LogP contribution in [0.4, 0.5) is 0 Å². The molecule has 4 heteroatoms. The highest BCUT2D eigenvalue weighted by molar-refractivity contribution is 5.81. The highest BCUT2D eigenvalue weighted by Gasteiger charge is 2.26. The molecule has 1 aliphatic heterocycles. The van der Waals surface area contributed by atoms with Crippen molar-refractivity contribution in [2.45, 2.75) is 78.4 Å². The third-order valence-corrected chi connectivity index (χ3v) is 4.50. The van der Waals surface area contributed by atoms with Crippen molar-refractivity contribution in [3.63, 3.8) is 0 Å². The first-order chi connectivity index (χ1) is 9.93. The molecule has 21 heavy (non-hydrogen) atoms. The Kier molecular flexibility index (Phi) is 8.27. The summed E-state index contributed by atoms with van der Waals surface area (Å²) in [5.41, 5.74) is 0. The minimum Gasteiger partial charge on any atom is -0.352 e. The molecule has 1 saturated heterocycles. The van der Waals surface area contributed by atoms with Gasteiger partial charge in [-0.1, -0.05) is 27.2 Å². The van der Waals surface area contributed by atoms with Crippen LogP contribution in [0.5, 0.6) is 0 Å². The van der Waals surface area contributed by atoms with Gasteiger partial charge in [0.15, 0.2) is 0 Å². The largest absolute Gasteiger partial charge is 0.352 e. The van der Waals surface area contributed by atoms with Crippen LogP contribution < -0.4 is 10.6 Å². The average Bonchev–Trinajstić information content (AvgIpc) is 2.45. The van der Waals surface area contributed by atoms with E-state index in [9.17, 15) is 4.79 Å². The Morgan fingerprint density at radius 1 is 1.19 bits per heavy atom. The van der Waals surface area contributed by atoms with Gasteiger partial charge in [-0.05, 0) is 58.7 Å². The first kappa shape index (κ1) is 18.4. The molecule has 2 atom stereocenters. The lowest BCUT2D eigenvalue weighted by Crippen LogP contribution is -2.50. The summed E-state index contributed by atoms with van der Waals surface area (Å²) >= 11 is 0. The molecule has 0 radical (unpaired) electrons. The SMILES string of the molecule is CCCC(C)NC(=O)C(C)N1CCC(CNC(C)C)CC1. The van der Waals surface area contributed by atoms with Crippen LogP contribution in [-0.4, -0.2) is 48.6 Å². The van der Waals surface area contributed by atoms with Gasteiger partial charge in [0.1, 0.15) is 0 Å². The van der Waals surface area contributed by atoms with E-state index in [-0.39, 0.29) is 18.0 Å². The van der Waals surface area contributed by atoms with Gasteiger partial charge in [0.25, 0.3) is 0 Å². The normalized spacial score (nSPS) is 20.5. The molecule has 0 aliphatic carbocycles. The Morgan fingerprint density at radius 2 is 1.81 bits per heavy atom. The first-order valence-corrected chi connectivity index (χ1v) is 8.71. The number of hydrogen-bond acceptors (Lipinski definition) is 3. The number of nitrogens with zero attached hydrogens (tertiary/aromatic N) is 1. The molecule has 0 aromatic heterocycles. The van der Waals surface area contributed by atoms with Crippen molar-refractivity contribution in [2.24, 2.45) is 5.92 Å². The van der Waals surface area contributed by atoms with Gasteiger partial charge in [0.2, 0.25) is 5.91 Å². The zero-order valence-corrected chi connectivity index (χ0v) is 14.6. The highest BCUT2D eigenvalue weighted by atomic mass is 16.2. The van der Waals surface area contributed by atoms with E-state index in [0.717, 1.165) is 38.4 Å². The zero-order valence-electron chi connectivity index (χ0n) is 14.6. The number of likely N-dealkylation sites (tertiary alicyclic amines) is 1. The van der Waals surface area contributed by atoms with Gasteiger partial charge in [0.05, 0.1) is 6.04 Å². The third kappa shape index (κ3) is 6.79. The van der Waals surface area contributed by atoms with E-state index < -0.39 is 0 Å². The molecule has 0 saturated carbocycles. The van der Waals surface area contributed by atoms with E-state index in [1.54, 1.807) is 0 Å². The van der Waals surface area contributed by atoms with Crippen molar-refractivity contribution in [3.05, 3.63) is 0 Å². The fourth-order valence-electron chi connectivity index (χ4n) is 2.98. The molecule has 2 N–H and O–H groups in total. The molecule has 2 unspecified atom stereocenters. The topological polar surface area (TPSA) is 44.4 Å². The molecular formula is C17H35N3O. The summed E-state index contributed by atoms with van der Waals surface area (Å²) in [5, 5.41) is 6.66. The van der Waals surface area contributed by atoms with E-state index in [1.807, 2.05) is 6.92 Å². The van der Waals surface area contributed by atoms with Crippen LogP contribution in [-0.2, 0) is 4.79 Å². The van der Waals surface area contributed by atoms with Crippen LogP contribution in [0, 0.1) is 5.92 Å². The van der Waals surface area contributed by atoms with E-state index in [0.29, 0.717) is 6.04 Å². The number of piperidine rings is 1. The zero-order chi connectivity index (χ0) is 15.8. The standard InChI is InChI=1S/C17H35N3O/c1-6-7-14(4)19-17(21)15(5)20-10-8-16(9-11-20)12-18-13(2)3/h13-16,18H,6-12H2,1-5H3,(H,19,21). The Labute approximate surface area is 131 Å². The fourth-order valence-corrected chi connectivity index (χ4v) is 2.98. The Morgan fingerprint density at radius 3 is 2.33 bits per heavy atom. The van der Waals surface area contributed by atoms with Gasteiger partial charge < -0.3 is 10.6 Å². The average molecular weight is 297 g/mol. The van der Waals surface area contributed by atoms with E-state index in [2.05, 4.69) is 43.2 Å². The lowest BCUT2D eigenvalue weighted by Gasteiger charge is -2.36. The molecule has 1 fully saturated rings. The fraction of sp³-hybridized carbons (Fsp3) is 0.941. The van der Waals surface area contributed by atoms with Crippen molar-refractivity contribution >= 4 is 5.91 Å². The van der Waals surface area contributed by atoms with Gasteiger partial charge in [-0.15, -0.1) is 0 Å². The predicted octanol–water partition coefficient (Wildman–Crippen LogP) is 2.39. The van der Waals surface area contributed by atoms with Crippen molar-refractivity contribution in [1.29, 1.82) is 0 Å². The van der Waals surface area contributed by atoms with Crippen LogP contribution in [0.25, 0.3) is 0 Å². The van der Waals surface area contributed by atoms with E-state index >= 15 is 0 Å². The maximum atomic E-state index is 12.3. The molecule has 4 nitrogen and oxygen atoms in total. The van der Waals surface area contributed by atoms with Crippen LogP contribution in [0.2, 0.25) is 0 Å². The van der Waals surface area contributed by atoms with Crippen LogP contribution >= 0.6 is 0 Å².